The Morgan fingerprint density at radius 1 is 0.466 bits per heavy atom. The van der Waals surface area contributed by atoms with Crippen molar-refractivity contribution >= 4 is 53.9 Å². The SMILES string of the molecule is C=C(C)C(=O)OC(C)c1ccc(C(=O)OC23CC4CC(C2)OC(=O)C(C4)C3)cc1.C=C(C)C(=O)OC(C)c1ccc(C(=O)OC2C3CC4CC(C3)C(=O)OC2C4)cc1.C=C(C)C(=O)OC(C)c1ccc(OC(=O)OC2C3CC4CC(C3)C(=O)OC2C4)cc1. The average molecular weight is 1210 g/mol. The summed E-state index contributed by atoms with van der Waals surface area (Å²) in [5.41, 5.74) is 3.57. The minimum Gasteiger partial charge on any atom is -0.462 e. The molecule has 0 aromatic heterocycles. The molecule has 3 aromatic rings. The van der Waals surface area contributed by atoms with Gasteiger partial charge in [-0.25, -0.2) is 28.8 Å². The molecule has 12 bridgehead atoms. The molecule has 19 heteroatoms. The molecule has 0 radical (unpaired) electrons. The summed E-state index contributed by atoms with van der Waals surface area (Å²) in [5.74, 6) is -0.915. The highest BCUT2D eigenvalue weighted by Gasteiger charge is 2.56. The van der Waals surface area contributed by atoms with Crippen molar-refractivity contribution in [3.05, 3.63) is 137 Å². The molecule has 88 heavy (non-hydrogen) atoms. The van der Waals surface area contributed by atoms with E-state index in [4.69, 9.17) is 47.4 Å². The molecule has 6 saturated heterocycles. The molecule has 0 N–H and O–H groups in total. The first-order valence-corrected chi connectivity index (χ1v) is 30.7. The maximum Gasteiger partial charge on any atom is 0.514 e. The molecule has 6 aliphatic heterocycles. The lowest BCUT2D eigenvalue weighted by Crippen LogP contribution is -2.48. The van der Waals surface area contributed by atoms with Gasteiger partial charge in [-0.05, 0) is 183 Å². The van der Waals surface area contributed by atoms with Crippen molar-refractivity contribution in [2.75, 3.05) is 0 Å². The van der Waals surface area contributed by atoms with Crippen LogP contribution < -0.4 is 4.74 Å². The van der Waals surface area contributed by atoms with Crippen molar-refractivity contribution in [3.8, 4) is 5.75 Å². The molecule has 17 unspecified atom stereocenters. The minimum absolute atomic E-state index is 0.0462. The van der Waals surface area contributed by atoms with Crippen LogP contribution in [0.3, 0.4) is 0 Å². The molecule has 6 aliphatic carbocycles. The third-order valence-electron chi connectivity index (χ3n) is 18.9. The number of hydrogen-bond acceptors (Lipinski definition) is 19. The van der Waals surface area contributed by atoms with Crippen LogP contribution in [-0.2, 0) is 71.4 Å². The standard InChI is InChI=1S/C23H26O7.2C23H26O6/c1-12(2)21(24)27-13(3)15-4-6-18(7-5-15)28-23(26)30-20-16-8-14-9-17(11-16)22(25)29-19(20)10-14;1-13(2)20(24)27-14(3)16-4-6-17(7-5-16)22(26)29-23-10-15-8-18(11-23)21(25)28-19(9-15)12-23;1-12(2)21(24)27-13(3)15-4-6-16(7-5-15)22(25)29-20-17-8-14-9-18(11-17)23(26)28-19(20)10-14/h4-7,13-14,16-17,19-20H,1,8-11H2,2-3H3;4-7,14-15,18-19H,1,8-12H2,2-3H3;4-7,13-14,17-20H,1,8-11H2,2-3H3. The fraction of sp³-hybridized carbons (Fsp3) is 0.522. The quantitative estimate of drug-likeness (QED) is 0.0594. The maximum absolute atomic E-state index is 12.8. The zero-order valence-corrected chi connectivity index (χ0v) is 50.7. The molecule has 6 heterocycles. The lowest BCUT2D eigenvalue weighted by Gasteiger charge is -2.45. The summed E-state index contributed by atoms with van der Waals surface area (Å²) >= 11 is 0. The van der Waals surface area contributed by atoms with Crippen LogP contribution in [0.25, 0.3) is 0 Å². The summed E-state index contributed by atoms with van der Waals surface area (Å²) < 4.78 is 55.4. The van der Waals surface area contributed by atoms with E-state index in [2.05, 4.69) is 19.7 Å². The number of rotatable bonds is 15. The van der Waals surface area contributed by atoms with Crippen LogP contribution in [0.5, 0.6) is 5.75 Å². The zero-order valence-electron chi connectivity index (χ0n) is 50.7. The van der Waals surface area contributed by atoms with Crippen molar-refractivity contribution in [2.24, 2.45) is 47.3 Å². The summed E-state index contributed by atoms with van der Waals surface area (Å²) in [6.45, 7) is 20.8. The number of carbonyl (C=O) groups is 9. The van der Waals surface area contributed by atoms with E-state index in [1.165, 1.54) is 0 Å². The predicted octanol–water partition coefficient (Wildman–Crippen LogP) is 11.8. The van der Waals surface area contributed by atoms with Crippen LogP contribution in [0.15, 0.2) is 109 Å². The number of hydrogen-bond donors (Lipinski definition) is 0. The Bertz CT molecular complexity index is 3230. The number of esters is 8. The van der Waals surface area contributed by atoms with E-state index in [1.807, 2.05) is 0 Å². The summed E-state index contributed by atoms with van der Waals surface area (Å²) in [4.78, 5) is 109. The van der Waals surface area contributed by atoms with Crippen LogP contribution in [0, 0.1) is 47.3 Å². The Labute approximate surface area is 512 Å². The Hall–Kier alpha value is -8.09. The van der Waals surface area contributed by atoms with Gasteiger partial charge < -0.3 is 47.4 Å². The summed E-state index contributed by atoms with van der Waals surface area (Å²) in [5, 5.41) is 0. The van der Waals surface area contributed by atoms with Crippen molar-refractivity contribution < 1.29 is 90.5 Å². The van der Waals surface area contributed by atoms with Crippen molar-refractivity contribution in [2.45, 2.75) is 179 Å². The summed E-state index contributed by atoms with van der Waals surface area (Å²) in [7, 11) is 0. The van der Waals surface area contributed by atoms with Crippen LogP contribution in [0.4, 0.5) is 4.79 Å². The molecule has 12 aliphatic rings. The highest BCUT2D eigenvalue weighted by molar-refractivity contribution is 5.91. The van der Waals surface area contributed by atoms with Gasteiger partial charge in [0.15, 0.2) is 0 Å². The van der Waals surface area contributed by atoms with Crippen molar-refractivity contribution in [1.82, 2.24) is 0 Å². The molecule has 468 valence electrons. The van der Waals surface area contributed by atoms with Gasteiger partial charge in [-0.3, -0.25) is 14.4 Å². The molecule has 17 atom stereocenters. The smallest absolute Gasteiger partial charge is 0.462 e. The van der Waals surface area contributed by atoms with Gasteiger partial charge in [-0.15, -0.1) is 0 Å². The van der Waals surface area contributed by atoms with Gasteiger partial charge in [-0.1, -0.05) is 56.1 Å². The van der Waals surface area contributed by atoms with Gasteiger partial charge >= 0.3 is 53.9 Å². The highest BCUT2D eigenvalue weighted by atomic mass is 16.7. The molecule has 6 saturated carbocycles. The fourth-order valence-corrected chi connectivity index (χ4v) is 14.6. The minimum atomic E-state index is -0.807. The van der Waals surface area contributed by atoms with Gasteiger partial charge in [0.2, 0.25) is 0 Å². The largest absolute Gasteiger partial charge is 0.514 e. The van der Waals surface area contributed by atoms with E-state index in [1.54, 1.807) is 114 Å². The Kier molecular flexibility index (Phi) is 18.8. The molecule has 15 rings (SSSR count). The number of carbonyl (C=O) groups excluding carboxylic acids is 9. The van der Waals surface area contributed by atoms with Gasteiger partial charge in [0, 0.05) is 41.4 Å². The van der Waals surface area contributed by atoms with Crippen LogP contribution in [-0.4, -0.2) is 90.0 Å². The molecular formula is C69H78O19. The van der Waals surface area contributed by atoms with E-state index in [-0.39, 0.29) is 71.9 Å². The van der Waals surface area contributed by atoms with Gasteiger partial charge in [0.1, 0.15) is 60.2 Å². The fourth-order valence-electron chi connectivity index (χ4n) is 14.6. The molecule has 12 fully saturated rings. The first-order chi connectivity index (χ1) is 41.9. The Morgan fingerprint density at radius 2 is 0.886 bits per heavy atom. The van der Waals surface area contributed by atoms with Crippen LogP contribution >= 0.6 is 0 Å². The highest BCUT2D eigenvalue weighted by Crippen LogP contribution is 2.53. The second kappa shape index (κ2) is 26.3. The van der Waals surface area contributed by atoms with E-state index in [9.17, 15) is 43.2 Å². The van der Waals surface area contributed by atoms with E-state index < -0.39 is 66.0 Å². The van der Waals surface area contributed by atoms with E-state index >= 15 is 0 Å². The van der Waals surface area contributed by atoms with Gasteiger partial charge in [0.05, 0.1) is 28.9 Å². The second-order valence-electron chi connectivity index (χ2n) is 25.9. The molecule has 0 spiro atoms. The zero-order chi connectivity index (χ0) is 62.9. The van der Waals surface area contributed by atoms with E-state index in [0.29, 0.717) is 70.6 Å². The predicted molar refractivity (Wildman–Crippen MR) is 313 cm³/mol. The first kappa shape index (κ1) is 62.9. The Morgan fingerprint density at radius 3 is 1.35 bits per heavy atom. The normalized spacial score (nSPS) is 30.6. The number of ether oxygens (including phenoxy) is 10. The third kappa shape index (κ3) is 14.6. The number of fused-ring (bicyclic) bond motifs is 3. The third-order valence-corrected chi connectivity index (χ3v) is 18.9. The van der Waals surface area contributed by atoms with Gasteiger partial charge in [-0.2, -0.15) is 0 Å². The van der Waals surface area contributed by atoms with Crippen molar-refractivity contribution in [1.29, 1.82) is 0 Å². The van der Waals surface area contributed by atoms with Crippen molar-refractivity contribution in [3.63, 3.8) is 0 Å². The summed E-state index contributed by atoms with van der Waals surface area (Å²) in [6.07, 6.45) is 6.52. The van der Waals surface area contributed by atoms with E-state index in [0.717, 1.165) is 80.9 Å². The number of benzene rings is 3. The van der Waals surface area contributed by atoms with Crippen LogP contribution in [0.2, 0.25) is 0 Å². The lowest BCUT2D eigenvalue weighted by atomic mass is 9.65. The summed E-state index contributed by atoms with van der Waals surface area (Å²) in [6, 6.07) is 20.4. The Balaban J connectivity index is 0.000000146. The lowest BCUT2D eigenvalue weighted by molar-refractivity contribution is -0.157. The van der Waals surface area contributed by atoms with Crippen LogP contribution in [0.1, 0.15) is 181 Å². The topological polar surface area (TPSA) is 246 Å². The first-order valence-electron chi connectivity index (χ1n) is 30.7. The molecular weight excluding hydrogens is 1130 g/mol. The molecule has 0 amide bonds. The average Bonchev–Trinajstić information content (AvgIpc) is 1.67. The monoisotopic (exact) mass is 1210 g/mol. The molecule has 3 aromatic carbocycles. The molecule has 19 nitrogen and oxygen atoms in total. The second-order valence-corrected chi connectivity index (χ2v) is 25.9. The maximum atomic E-state index is 12.8. The van der Waals surface area contributed by atoms with Gasteiger partial charge in [0.25, 0.3) is 0 Å².